The molecule has 5 heteroatoms. The van der Waals surface area contributed by atoms with Gasteiger partial charge in [-0.2, -0.15) is 0 Å². The molecule has 2 amide bonds. The fourth-order valence-corrected chi connectivity index (χ4v) is 3.68. The van der Waals surface area contributed by atoms with Crippen molar-refractivity contribution in [3.8, 4) is 0 Å². The zero-order valence-electron chi connectivity index (χ0n) is 16.2. The summed E-state index contributed by atoms with van der Waals surface area (Å²) in [5, 5.41) is 0. The van der Waals surface area contributed by atoms with Crippen LogP contribution < -0.4 is 4.90 Å². The Balaban J connectivity index is 2.24. The molecule has 0 bridgehead atoms. The van der Waals surface area contributed by atoms with Crippen molar-refractivity contribution in [3.05, 3.63) is 29.8 Å². The van der Waals surface area contributed by atoms with Crippen molar-refractivity contribution in [1.29, 1.82) is 0 Å². The summed E-state index contributed by atoms with van der Waals surface area (Å²) in [6.07, 6.45) is 1.72. The number of amides is 2. The lowest BCUT2D eigenvalue weighted by molar-refractivity contribution is -0.122. The zero-order valence-corrected chi connectivity index (χ0v) is 16.2. The van der Waals surface area contributed by atoms with Gasteiger partial charge >= 0.3 is 0 Å². The van der Waals surface area contributed by atoms with Crippen molar-refractivity contribution in [2.45, 2.75) is 59.3 Å². The maximum atomic E-state index is 12.4. The third kappa shape index (κ3) is 3.86. The second kappa shape index (κ2) is 6.78. The highest BCUT2D eigenvalue weighted by molar-refractivity contribution is 6.58. The smallest absolute Gasteiger partial charge is 0.237 e. The van der Waals surface area contributed by atoms with Crippen LogP contribution in [-0.2, 0) is 19.8 Å². The van der Waals surface area contributed by atoms with Gasteiger partial charge < -0.3 is 4.79 Å². The van der Waals surface area contributed by atoms with Crippen molar-refractivity contribution >= 4 is 31.0 Å². The van der Waals surface area contributed by atoms with E-state index in [1.54, 1.807) is 7.85 Å². The van der Waals surface area contributed by atoms with E-state index < -0.39 is 5.41 Å². The molecule has 1 fully saturated rings. The fraction of sp³-hybridized carbons (Fsp3) is 0.550. The molecule has 2 rings (SSSR count). The summed E-state index contributed by atoms with van der Waals surface area (Å²) in [5.74, 6) is -0.418. The summed E-state index contributed by atoms with van der Waals surface area (Å²) in [5.41, 5.74) is 1.33. The van der Waals surface area contributed by atoms with Crippen LogP contribution in [0.1, 0.15) is 59.4 Å². The van der Waals surface area contributed by atoms with E-state index in [1.807, 2.05) is 45.0 Å². The third-order valence-corrected chi connectivity index (χ3v) is 5.48. The van der Waals surface area contributed by atoms with Crippen LogP contribution in [0.2, 0.25) is 0 Å². The summed E-state index contributed by atoms with van der Waals surface area (Å²) < 4.78 is 0. The molecule has 1 aliphatic rings. The maximum absolute atomic E-state index is 12.4. The largest absolute Gasteiger partial charge is 0.311 e. The van der Waals surface area contributed by atoms with Crippen molar-refractivity contribution in [3.63, 3.8) is 0 Å². The van der Waals surface area contributed by atoms with E-state index in [4.69, 9.17) is 0 Å². The second-order valence-corrected chi connectivity index (χ2v) is 8.42. The maximum Gasteiger partial charge on any atom is 0.237 e. The van der Waals surface area contributed by atoms with Crippen LogP contribution in [0, 0.1) is 11.3 Å². The monoisotopic (exact) mass is 341 g/mol. The minimum Gasteiger partial charge on any atom is -0.311 e. The number of benzene rings is 1. The lowest BCUT2D eigenvalue weighted by Crippen LogP contribution is -2.33. The van der Waals surface area contributed by atoms with Gasteiger partial charge in [0.25, 0.3) is 0 Å². The van der Waals surface area contributed by atoms with Gasteiger partial charge in [0.1, 0.15) is 0 Å². The molecule has 25 heavy (non-hydrogen) atoms. The summed E-state index contributed by atoms with van der Waals surface area (Å²) >= 11 is 0. The van der Waals surface area contributed by atoms with E-state index in [-0.39, 0.29) is 28.8 Å². The van der Waals surface area contributed by atoms with Crippen molar-refractivity contribution in [2.24, 2.45) is 11.3 Å². The number of carbonyl (C=O) groups excluding carboxylic acids is 3. The third-order valence-electron chi connectivity index (χ3n) is 5.48. The predicted molar refractivity (Wildman–Crippen MR) is 102 cm³/mol. The quantitative estimate of drug-likeness (QED) is 0.591. The van der Waals surface area contributed by atoms with Crippen LogP contribution in [0.5, 0.6) is 0 Å². The molecule has 1 aliphatic heterocycles. The average molecular weight is 341 g/mol. The first-order chi connectivity index (χ1) is 11.5. The highest BCUT2D eigenvalue weighted by Gasteiger charge is 2.38. The Morgan fingerprint density at radius 1 is 1.16 bits per heavy atom. The topological polar surface area (TPSA) is 54.5 Å². The van der Waals surface area contributed by atoms with Gasteiger partial charge in [-0.05, 0) is 36.0 Å². The van der Waals surface area contributed by atoms with E-state index in [1.165, 1.54) is 4.90 Å². The minimum absolute atomic E-state index is 0.0998. The second-order valence-electron chi connectivity index (χ2n) is 8.42. The molecule has 1 saturated heterocycles. The van der Waals surface area contributed by atoms with Crippen LogP contribution >= 0.6 is 0 Å². The van der Waals surface area contributed by atoms with Gasteiger partial charge in [0.05, 0.1) is 11.4 Å². The number of anilines is 1. The summed E-state index contributed by atoms with van der Waals surface area (Å²) in [6, 6.07) is 7.61. The number of nitrogens with zero attached hydrogens (tertiary/aromatic N) is 1. The van der Waals surface area contributed by atoms with E-state index in [9.17, 15) is 14.4 Å². The number of rotatable bonds is 6. The standard InChI is InChI=1S/C20H28BNO3/c1-6-13-11-16(23)22(17(13)24)15-9-7-14(8-10-15)19(2,3)12-20(4,5)18(21)25/h7-10,13H,6,11-12,21H2,1-5H3. The van der Waals surface area contributed by atoms with Crippen LogP contribution in [0.25, 0.3) is 0 Å². The lowest BCUT2D eigenvalue weighted by atomic mass is 9.66. The molecular formula is C20H28BNO3. The predicted octanol–water partition coefficient (Wildman–Crippen LogP) is 2.83. The Bertz CT molecular complexity index is 691. The van der Waals surface area contributed by atoms with E-state index in [0.717, 1.165) is 12.0 Å². The lowest BCUT2D eigenvalue weighted by Gasteiger charge is -2.34. The average Bonchev–Trinajstić information content (AvgIpc) is 2.80. The zero-order chi connectivity index (χ0) is 19.0. The fourth-order valence-electron chi connectivity index (χ4n) is 3.68. The van der Waals surface area contributed by atoms with Crippen LogP contribution in [0.15, 0.2) is 24.3 Å². The highest BCUT2D eigenvalue weighted by atomic mass is 16.2. The van der Waals surface area contributed by atoms with Crippen LogP contribution in [-0.4, -0.2) is 25.3 Å². The van der Waals surface area contributed by atoms with Crippen molar-refractivity contribution in [2.75, 3.05) is 4.90 Å². The molecule has 0 saturated carbocycles. The SMILES string of the molecule is BC(=O)C(C)(C)CC(C)(C)c1ccc(N2C(=O)CC(CC)C2=O)cc1. The van der Waals surface area contributed by atoms with Gasteiger partial charge in [0.2, 0.25) is 11.8 Å². The Morgan fingerprint density at radius 2 is 1.72 bits per heavy atom. The molecule has 0 aliphatic carbocycles. The molecule has 0 N–H and O–H groups in total. The summed E-state index contributed by atoms with van der Waals surface area (Å²) in [7, 11) is 1.63. The molecule has 1 aromatic carbocycles. The molecule has 1 heterocycles. The first-order valence-electron chi connectivity index (χ1n) is 8.98. The number of hydrogen-bond donors (Lipinski definition) is 0. The first-order valence-corrected chi connectivity index (χ1v) is 8.98. The van der Waals surface area contributed by atoms with Crippen LogP contribution in [0.3, 0.4) is 0 Å². The Hall–Kier alpha value is -1.91. The number of imide groups is 1. The van der Waals surface area contributed by atoms with Crippen molar-refractivity contribution < 1.29 is 14.4 Å². The van der Waals surface area contributed by atoms with Gasteiger partial charge in [-0.25, -0.2) is 0 Å². The molecule has 1 unspecified atom stereocenters. The molecule has 0 spiro atoms. The first kappa shape index (κ1) is 19.4. The molecule has 0 radical (unpaired) electrons. The van der Waals surface area contributed by atoms with Gasteiger partial charge in [-0.1, -0.05) is 46.8 Å². The molecule has 134 valence electrons. The Morgan fingerprint density at radius 3 is 2.16 bits per heavy atom. The van der Waals surface area contributed by atoms with Gasteiger partial charge in [-0.15, -0.1) is 0 Å². The summed E-state index contributed by atoms with van der Waals surface area (Å²) in [6.45, 7) is 10.1. The van der Waals surface area contributed by atoms with Gasteiger partial charge in [0.15, 0.2) is 7.85 Å². The molecule has 4 nitrogen and oxygen atoms in total. The molecular weight excluding hydrogens is 313 g/mol. The minimum atomic E-state index is -0.391. The number of hydrogen-bond acceptors (Lipinski definition) is 3. The molecule has 0 aromatic heterocycles. The van der Waals surface area contributed by atoms with E-state index >= 15 is 0 Å². The van der Waals surface area contributed by atoms with Gasteiger partial charge in [-0.3, -0.25) is 14.5 Å². The Labute approximate surface area is 151 Å². The van der Waals surface area contributed by atoms with Crippen LogP contribution in [0.4, 0.5) is 5.69 Å². The number of carbonyl (C=O) groups is 3. The van der Waals surface area contributed by atoms with E-state index in [2.05, 4.69) is 13.8 Å². The van der Waals surface area contributed by atoms with Gasteiger partial charge in [0, 0.05) is 17.8 Å². The van der Waals surface area contributed by atoms with Crippen molar-refractivity contribution in [1.82, 2.24) is 0 Å². The Kier molecular flexibility index (Phi) is 5.26. The molecule has 1 atom stereocenters. The highest BCUT2D eigenvalue weighted by Crippen LogP contribution is 2.38. The molecule has 1 aromatic rings. The normalized spacial score (nSPS) is 18.8. The van der Waals surface area contributed by atoms with E-state index in [0.29, 0.717) is 18.5 Å². The summed E-state index contributed by atoms with van der Waals surface area (Å²) in [4.78, 5) is 37.7.